The molecule has 0 heterocycles. The largest absolute Gasteiger partial charge is 0.325 e. The van der Waals surface area contributed by atoms with E-state index in [2.05, 4.69) is 10.6 Å². The number of benzene rings is 2. The molecule has 2 aromatic rings. The van der Waals surface area contributed by atoms with Gasteiger partial charge in [0.15, 0.2) is 0 Å². The average Bonchev–Trinajstić information content (AvgIpc) is 2.61. The maximum atomic E-state index is 12.5. The standard InChI is InChI=1S/C21H25Cl2N3O2/c1-4-10-26(12-20(27)24-18-7-5-6-14(2)15(18)3)13-21(28)25-19-9-8-16(22)11-17(19)23/h5-9,11H,4,10,12-13H2,1-3H3,(H,24,27)(H,25,28). The molecule has 0 unspecified atom stereocenters. The minimum atomic E-state index is -0.239. The number of hydrogen-bond donors (Lipinski definition) is 2. The van der Waals surface area contributed by atoms with Gasteiger partial charge in [-0.05, 0) is 62.2 Å². The molecular formula is C21H25Cl2N3O2. The second-order valence-electron chi connectivity index (χ2n) is 6.68. The van der Waals surface area contributed by atoms with Crippen molar-refractivity contribution >= 4 is 46.4 Å². The van der Waals surface area contributed by atoms with E-state index in [1.54, 1.807) is 23.1 Å². The van der Waals surface area contributed by atoms with E-state index < -0.39 is 0 Å². The van der Waals surface area contributed by atoms with Gasteiger partial charge in [-0.15, -0.1) is 0 Å². The lowest BCUT2D eigenvalue weighted by Gasteiger charge is -2.21. The summed E-state index contributed by atoms with van der Waals surface area (Å²) in [4.78, 5) is 26.7. The molecule has 0 aromatic heterocycles. The van der Waals surface area contributed by atoms with Crippen LogP contribution < -0.4 is 10.6 Å². The summed E-state index contributed by atoms with van der Waals surface area (Å²) in [6.07, 6.45) is 0.825. The smallest absolute Gasteiger partial charge is 0.238 e. The molecule has 0 fully saturated rings. The van der Waals surface area contributed by atoms with Gasteiger partial charge in [0, 0.05) is 10.7 Å². The highest BCUT2D eigenvalue weighted by molar-refractivity contribution is 6.36. The van der Waals surface area contributed by atoms with E-state index in [-0.39, 0.29) is 24.9 Å². The molecule has 2 N–H and O–H groups in total. The Balaban J connectivity index is 1.97. The van der Waals surface area contributed by atoms with Gasteiger partial charge in [-0.3, -0.25) is 14.5 Å². The molecule has 5 nitrogen and oxygen atoms in total. The van der Waals surface area contributed by atoms with Crippen LogP contribution in [0.15, 0.2) is 36.4 Å². The summed E-state index contributed by atoms with van der Waals surface area (Å²) < 4.78 is 0. The molecule has 0 aliphatic heterocycles. The van der Waals surface area contributed by atoms with Crippen molar-refractivity contribution in [3.63, 3.8) is 0 Å². The van der Waals surface area contributed by atoms with Gasteiger partial charge in [0.1, 0.15) is 0 Å². The van der Waals surface area contributed by atoms with Gasteiger partial charge in [0.25, 0.3) is 0 Å². The maximum absolute atomic E-state index is 12.5. The molecule has 28 heavy (non-hydrogen) atoms. The lowest BCUT2D eigenvalue weighted by molar-refractivity contribution is -0.120. The van der Waals surface area contributed by atoms with Crippen molar-refractivity contribution in [3.8, 4) is 0 Å². The summed E-state index contributed by atoms with van der Waals surface area (Å²) in [5, 5.41) is 6.56. The molecular weight excluding hydrogens is 397 g/mol. The number of aryl methyl sites for hydroxylation is 1. The molecule has 0 saturated carbocycles. The molecule has 0 aliphatic carbocycles. The molecule has 150 valence electrons. The van der Waals surface area contributed by atoms with E-state index in [1.807, 2.05) is 39.0 Å². The van der Waals surface area contributed by atoms with Gasteiger partial charge in [-0.2, -0.15) is 0 Å². The van der Waals surface area contributed by atoms with Crippen molar-refractivity contribution in [1.29, 1.82) is 0 Å². The first-order valence-corrected chi connectivity index (χ1v) is 9.89. The number of halogens is 2. The van der Waals surface area contributed by atoms with Gasteiger partial charge in [-0.25, -0.2) is 0 Å². The molecule has 2 amide bonds. The number of anilines is 2. The number of rotatable bonds is 8. The lowest BCUT2D eigenvalue weighted by Crippen LogP contribution is -2.39. The fourth-order valence-corrected chi connectivity index (χ4v) is 3.25. The summed E-state index contributed by atoms with van der Waals surface area (Å²) in [5.74, 6) is -0.392. The number of hydrogen-bond acceptors (Lipinski definition) is 3. The molecule has 0 saturated heterocycles. The quantitative estimate of drug-likeness (QED) is 0.636. The normalized spacial score (nSPS) is 10.8. The van der Waals surface area contributed by atoms with Gasteiger partial charge >= 0.3 is 0 Å². The third kappa shape index (κ3) is 6.51. The Morgan fingerprint density at radius 1 is 0.964 bits per heavy atom. The predicted molar refractivity (Wildman–Crippen MR) is 116 cm³/mol. The van der Waals surface area contributed by atoms with Gasteiger partial charge in [-0.1, -0.05) is 42.3 Å². The van der Waals surface area contributed by atoms with Crippen molar-refractivity contribution in [2.45, 2.75) is 27.2 Å². The molecule has 0 bridgehead atoms. The van der Waals surface area contributed by atoms with Crippen molar-refractivity contribution in [2.24, 2.45) is 0 Å². The predicted octanol–water partition coefficient (Wildman–Crippen LogP) is 4.90. The molecule has 0 aliphatic rings. The highest BCUT2D eigenvalue weighted by Crippen LogP contribution is 2.25. The molecule has 0 atom stereocenters. The van der Waals surface area contributed by atoms with Crippen LogP contribution in [0.25, 0.3) is 0 Å². The van der Waals surface area contributed by atoms with E-state index >= 15 is 0 Å². The highest BCUT2D eigenvalue weighted by Gasteiger charge is 2.16. The third-order valence-corrected chi connectivity index (χ3v) is 4.91. The van der Waals surface area contributed by atoms with Crippen LogP contribution >= 0.6 is 23.2 Å². The zero-order valence-corrected chi connectivity index (χ0v) is 17.8. The van der Waals surface area contributed by atoms with Gasteiger partial charge in [0.05, 0.1) is 23.8 Å². The number of amides is 2. The second-order valence-corrected chi connectivity index (χ2v) is 7.52. The highest BCUT2D eigenvalue weighted by atomic mass is 35.5. The number of nitrogens with one attached hydrogen (secondary N) is 2. The van der Waals surface area contributed by atoms with E-state index in [9.17, 15) is 9.59 Å². The van der Waals surface area contributed by atoms with Gasteiger partial charge in [0.2, 0.25) is 11.8 Å². The Bertz CT molecular complexity index is 856. The van der Waals surface area contributed by atoms with Crippen LogP contribution in [0.5, 0.6) is 0 Å². The fraction of sp³-hybridized carbons (Fsp3) is 0.333. The summed E-state index contributed by atoms with van der Waals surface area (Å²) in [7, 11) is 0. The van der Waals surface area contributed by atoms with Crippen molar-refractivity contribution < 1.29 is 9.59 Å². The summed E-state index contributed by atoms with van der Waals surface area (Å²) in [6.45, 7) is 6.82. The van der Waals surface area contributed by atoms with Crippen LogP contribution in [-0.2, 0) is 9.59 Å². The van der Waals surface area contributed by atoms with E-state index in [0.29, 0.717) is 22.3 Å². The van der Waals surface area contributed by atoms with Crippen LogP contribution in [0, 0.1) is 13.8 Å². The number of carbonyl (C=O) groups is 2. The monoisotopic (exact) mass is 421 g/mol. The lowest BCUT2D eigenvalue weighted by atomic mass is 10.1. The van der Waals surface area contributed by atoms with Crippen LogP contribution in [0.4, 0.5) is 11.4 Å². The zero-order valence-electron chi connectivity index (χ0n) is 16.3. The first-order valence-electron chi connectivity index (χ1n) is 9.13. The van der Waals surface area contributed by atoms with E-state index in [0.717, 1.165) is 23.2 Å². The Hall–Kier alpha value is -2.08. The summed E-state index contributed by atoms with van der Waals surface area (Å²) in [5.41, 5.74) is 3.43. The van der Waals surface area contributed by atoms with Gasteiger partial charge < -0.3 is 10.6 Å². The van der Waals surface area contributed by atoms with Crippen LogP contribution in [0.1, 0.15) is 24.5 Å². The molecule has 2 aromatic carbocycles. The SMILES string of the molecule is CCCN(CC(=O)Nc1ccc(Cl)cc1Cl)CC(=O)Nc1cccc(C)c1C. The maximum Gasteiger partial charge on any atom is 0.238 e. The Labute approximate surface area is 176 Å². The summed E-state index contributed by atoms with van der Waals surface area (Å²) in [6, 6.07) is 10.7. The third-order valence-electron chi connectivity index (χ3n) is 4.36. The molecule has 2 rings (SSSR count). The minimum Gasteiger partial charge on any atom is -0.325 e. The molecule has 0 radical (unpaired) electrons. The summed E-state index contributed by atoms with van der Waals surface area (Å²) >= 11 is 12.0. The van der Waals surface area contributed by atoms with Crippen LogP contribution in [-0.4, -0.2) is 36.3 Å². The average molecular weight is 422 g/mol. The number of carbonyl (C=O) groups excluding carboxylic acids is 2. The van der Waals surface area contributed by atoms with Crippen molar-refractivity contribution in [1.82, 2.24) is 4.90 Å². The first kappa shape index (κ1) is 22.2. The van der Waals surface area contributed by atoms with Crippen LogP contribution in [0.3, 0.4) is 0 Å². The topological polar surface area (TPSA) is 61.4 Å². The molecule has 7 heteroatoms. The van der Waals surface area contributed by atoms with Crippen LogP contribution in [0.2, 0.25) is 10.0 Å². The number of nitrogens with zero attached hydrogens (tertiary/aromatic N) is 1. The Kier molecular flexibility index (Phi) is 8.30. The Morgan fingerprint density at radius 2 is 1.61 bits per heavy atom. The first-order chi connectivity index (χ1) is 13.3. The Morgan fingerprint density at radius 3 is 2.21 bits per heavy atom. The van der Waals surface area contributed by atoms with E-state index in [1.165, 1.54) is 0 Å². The minimum absolute atomic E-state index is 0.0903. The fourth-order valence-electron chi connectivity index (χ4n) is 2.79. The van der Waals surface area contributed by atoms with Crippen molar-refractivity contribution in [3.05, 3.63) is 57.6 Å². The zero-order chi connectivity index (χ0) is 20.7. The van der Waals surface area contributed by atoms with Crippen molar-refractivity contribution in [2.75, 3.05) is 30.3 Å². The van der Waals surface area contributed by atoms with E-state index in [4.69, 9.17) is 23.2 Å². The second kappa shape index (κ2) is 10.5. The molecule has 0 spiro atoms.